The maximum Gasteiger partial charge on any atom is 0.350 e. The molecule has 0 unspecified atom stereocenters. The van der Waals surface area contributed by atoms with E-state index in [1.165, 1.54) is 15.3 Å². The summed E-state index contributed by atoms with van der Waals surface area (Å²) >= 11 is 5.18. The van der Waals surface area contributed by atoms with E-state index in [0.717, 1.165) is 19.4 Å². The Bertz CT molecular complexity index is 1150. The van der Waals surface area contributed by atoms with Crippen LogP contribution in [0.3, 0.4) is 0 Å². The van der Waals surface area contributed by atoms with Crippen molar-refractivity contribution in [3.05, 3.63) is 68.0 Å². The molecule has 0 aliphatic rings. The Morgan fingerprint density at radius 2 is 2.17 bits per heavy atom. The molecule has 0 bridgehead atoms. The fraction of sp³-hybridized carbons (Fsp3) is 0.0625. The fourth-order valence-corrected chi connectivity index (χ4v) is 4.16. The van der Waals surface area contributed by atoms with Crippen LogP contribution in [0.4, 0.5) is 0 Å². The van der Waals surface area contributed by atoms with Gasteiger partial charge in [-0.2, -0.15) is 5.26 Å². The Hall–Kier alpha value is -2.43. The molecule has 0 aliphatic heterocycles. The zero-order valence-electron chi connectivity index (χ0n) is 11.7. The van der Waals surface area contributed by atoms with E-state index in [2.05, 4.69) is 27.1 Å². The summed E-state index contributed by atoms with van der Waals surface area (Å²) in [7, 11) is 0. The molecule has 112 valence electrons. The second kappa shape index (κ2) is 5.33. The fourth-order valence-electron chi connectivity index (χ4n) is 2.49. The van der Waals surface area contributed by atoms with E-state index < -0.39 is 0 Å². The number of hydrogen-bond acceptors (Lipinski definition) is 4. The zero-order chi connectivity index (χ0) is 16.0. The first-order valence-corrected chi connectivity index (χ1v) is 8.43. The van der Waals surface area contributed by atoms with Crippen LogP contribution >= 0.6 is 27.3 Å². The highest BCUT2D eigenvalue weighted by molar-refractivity contribution is 9.10. The van der Waals surface area contributed by atoms with Crippen molar-refractivity contribution in [1.29, 1.82) is 5.26 Å². The van der Waals surface area contributed by atoms with Crippen LogP contribution in [-0.2, 0) is 6.54 Å². The molecule has 0 amide bonds. The van der Waals surface area contributed by atoms with Crippen molar-refractivity contribution >= 4 is 43.0 Å². The Morgan fingerprint density at radius 1 is 1.30 bits per heavy atom. The van der Waals surface area contributed by atoms with Gasteiger partial charge in [-0.1, -0.05) is 12.1 Å². The van der Waals surface area contributed by atoms with E-state index in [1.54, 1.807) is 23.5 Å². The number of nitriles is 1. The van der Waals surface area contributed by atoms with Crippen LogP contribution in [0, 0.1) is 11.3 Å². The van der Waals surface area contributed by atoms with Crippen LogP contribution in [0.25, 0.3) is 15.7 Å². The van der Waals surface area contributed by atoms with Crippen molar-refractivity contribution < 1.29 is 0 Å². The minimum absolute atomic E-state index is 0.242. The third kappa shape index (κ3) is 2.36. The van der Waals surface area contributed by atoms with Crippen LogP contribution in [0.2, 0.25) is 0 Å². The standard InChI is InChI=1S/C16H9BrN4OS/c17-13-3-1-2-11-6-12(23-15(11)13)9-21-16(22)20-8-10(7-18)4-5-14(20)19-21/h1-6,8H,9H2. The normalized spacial score (nSPS) is 11.1. The number of nitrogens with zero attached hydrogens (tertiary/aromatic N) is 4. The molecule has 3 aromatic heterocycles. The molecule has 5 nitrogen and oxygen atoms in total. The lowest BCUT2D eigenvalue weighted by Crippen LogP contribution is -2.21. The molecule has 0 saturated heterocycles. The summed E-state index contributed by atoms with van der Waals surface area (Å²) in [6.45, 7) is 0.411. The number of benzene rings is 1. The topological polar surface area (TPSA) is 63.1 Å². The molecule has 3 heterocycles. The van der Waals surface area contributed by atoms with Gasteiger partial charge in [-0.25, -0.2) is 13.9 Å². The first-order valence-electron chi connectivity index (χ1n) is 6.82. The molecule has 4 aromatic rings. The van der Waals surface area contributed by atoms with E-state index in [-0.39, 0.29) is 5.69 Å². The number of hydrogen-bond donors (Lipinski definition) is 0. The van der Waals surface area contributed by atoms with E-state index in [9.17, 15) is 4.79 Å². The Kier molecular flexibility index (Phi) is 3.29. The Balaban J connectivity index is 1.80. The van der Waals surface area contributed by atoms with Crippen molar-refractivity contribution in [1.82, 2.24) is 14.2 Å². The van der Waals surface area contributed by atoms with Crippen LogP contribution in [0.15, 0.2) is 51.9 Å². The molecule has 1 aromatic carbocycles. The summed E-state index contributed by atoms with van der Waals surface area (Å²) in [6, 6.07) is 13.5. The molecule has 23 heavy (non-hydrogen) atoms. The van der Waals surface area contributed by atoms with Crippen LogP contribution < -0.4 is 5.69 Å². The van der Waals surface area contributed by atoms with E-state index in [0.29, 0.717) is 17.8 Å². The highest BCUT2D eigenvalue weighted by atomic mass is 79.9. The molecule has 0 spiro atoms. The minimum Gasteiger partial charge on any atom is -0.249 e. The SMILES string of the molecule is N#Cc1ccc2nn(Cc3cc4cccc(Br)c4s3)c(=O)n2c1. The van der Waals surface area contributed by atoms with Gasteiger partial charge in [0.25, 0.3) is 0 Å². The van der Waals surface area contributed by atoms with Gasteiger partial charge in [0.15, 0.2) is 5.65 Å². The number of rotatable bonds is 2. The summed E-state index contributed by atoms with van der Waals surface area (Å²) < 4.78 is 5.04. The predicted molar refractivity (Wildman–Crippen MR) is 92.8 cm³/mol. The number of fused-ring (bicyclic) bond motifs is 2. The highest BCUT2D eigenvalue weighted by Gasteiger charge is 2.10. The van der Waals surface area contributed by atoms with Crippen molar-refractivity contribution in [2.24, 2.45) is 0 Å². The summed E-state index contributed by atoms with van der Waals surface area (Å²) in [6.07, 6.45) is 1.52. The van der Waals surface area contributed by atoms with Crippen LogP contribution in [0.1, 0.15) is 10.4 Å². The highest BCUT2D eigenvalue weighted by Crippen LogP contribution is 2.32. The van der Waals surface area contributed by atoms with E-state index >= 15 is 0 Å². The first kappa shape index (κ1) is 14.2. The molecule has 0 saturated carbocycles. The third-order valence-electron chi connectivity index (χ3n) is 3.56. The van der Waals surface area contributed by atoms with Gasteiger partial charge in [-0.15, -0.1) is 16.4 Å². The second-order valence-corrected chi connectivity index (χ2v) is 7.06. The van der Waals surface area contributed by atoms with Gasteiger partial charge in [0, 0.05) is 20.2 Å². The number of halogens is 1. The average molecular weight is 385 g/mol. The summed E-state index contributed by atoms with van der Waals surface area (Å²) in [4.78, 5) is 13.5. The largest absolute Gasteiger partial charge is 0.350 e. The maximum atomic E-state index is 12.4. The molecule has 4 rings (SSSR count). The average Bonchev–Trinajstić information content (AvgIpc) is 3.10. The minimum atomic E-state index is -0.242. The molecule has 0 N–H and O–H groups in total. The second-order valence-electron chi connectivity index (χ2n) is 5.07. The van der Waals surface area contributed by atoms with Crippen molar-refractivity contribution in [3.63, 3.8) is 0 Å². The van der Waals surface area contributed by atoms with Crippen LogP contribution in [-0.4, -0.2) is 14.2 Å². The molecule has 7 heteroatoms. The number of pyridine rings is 1. The van der Waals surface area contributed by atoms with Crippen molar-refractivity contribution in [3.8, 4) is 6.07 Å². The Labute approximate surface area is 143 Å². The lowest BCUT2D eigenvalue weighted by molar-refractivity contribution is 0.666. The number of thiophene rings is 1. The van der Waals surface area contributed by atoms with Gasteiger partial charge in [-0.05, 0) is 45.6 Å². The van der Waals surface area contributed by atoms with Crippen LogP contribution in [0.5, 0.6) is 0 Å². The van der Waals surface area contributed by atoms with Gasteiger partial charge in [-0.3, -0.25) is 0 Å². The molecular weight excluding hydrogens is 376 g/mol. The molecule has 0 radical (unpaired) electrons. The molecule has 0 atom stereocenters. The quantitative estimate of drug-likeness (QED) is 0.531. The maximum absolute atomic E-state index is 12.4. The van der Waals surface area contributed by atoms with Crippen molar-refractivity contribution in [2.45, 2.75) is 6.54 Å². The zero-order valence-corrected chi connectivity index (χ0v) is 14.1. The molecule has 0 aliphatic carbocycles. The lowest BCUT2D eigenvalue weighted by atomic mass is 10.2. The first-order chi connectivity index (χ1) is 11.2. The smallest absolute Gasteiger partial charge is 0.249 e. The monoisotopic (exact) mass is 384 g/mol. The molecule has 0 fully saturated rings. The third-order valence-corrected chi connectivity index (χ3v) is 5.65. The van der Waals surface area contributed by atoms with E-state index in [4.69, 9.17) is 5.26 Å². The summed E-state index contributed by atoms with van der Waals surface area (Å²) in [5, 5.41) is 14.4. The summed E-state index contributed by atoms with van der Waals surface area (Å²) in [5.74, 6) is 0. The van der Waals surface area contributed by atoms with Gasteiger partial charge < -0.3 is 0 Å². The molecular formula is C16H9BrN4OS. The van der Waals surface area contributed by atoms with Gasteiger partial charge in [0.1, 0.15) is 6.07 Å². The lowest BCUT2D eigenvalue weighted by Gasteiger charge is -1.94. The predicted octanol–water partition coefficient (Wildman–Crippen LogP) is 3.39. The van der Waals surface area contributed by atoms with Crippen molar-refractivity contribution in [2.75, 3.05) is 0 Å². The summed E-state index contributed by atoms with van der Waals surface area (Å²) in [5.41, 5.74) is 0.731. The Morgan fingerprint density at radius 3 is 2.96 bits per heavy atom. The van der Waals surface area contributed by atoms with Gasteiger partial charge in [0.2, 0.25) is 0 Å². The number of aromatic nitrogens is 3. The van der Waals surface area contributed by atoms with Gasteiger partial charge in [0.05, 0.1) is 12.1 Å². The van der Waals surface area contributed by atoms with E-state index in [1.807, 2.05) is 24.3 Å². The van der Waals surface area contributed by atoms with Gasteiger partial charge >= 0.3 is 5.69 Å².